The van der Waals surface area contributed by atoms with Gasteiger partial charge >= 0.3 is 7.99 Å². The molecule has 0 rings (SSSR count). The van der Waals surface area contributed by atoms with Crippen molar-refractivity contribution in [1.82, 2.24) is 0 Å². The van der Waals surface area contributed by atoms with Crippen LogP contribution >= 0.6 is 7.99 Å². The summed E-state index contributed by atoms with van der Waals surface area (Å²) in [7, 11) is -4.45. The van der Waals surface area contributed by atoms with Gasteiger partial charge in [-0.1, -0.05) is 0 Å². The van der Waals surface area contributed by atoms with E-state index in [1.807, 2.05) is 0 Å². The van der Waals surface area contributed by atoms with Crippen LogP contribution < -0.4 is 0 Å². The van der Waals surface area contributed by atoms with E-state index >= 15 is 0 Å². The summed E-state index contributed by atoms with van der Waals surface area (Å²) in [5.74, 6) is 0. The van der Waals surface area contributed by atoms with Crippen LogP contribution in [-0.2, 0) is 9.09 Å². The molecule has 0 saturated carbocycles. The maximum Gasteiger partial charge on any atom is 0.551 e. The van der Waals surface area contributed by atoms with Gasteiger partial charge in [-0.25, -0.2) is 4.57 Å². The zero-order chi connectivity index (χ0) is 5.21. The lowest BCUT2D eigenvalue weighted by Gasteiger charge is -1.86. The molecule has 2 nitrogen and oxygen atoms in total. The Morgan fingerprint density at radius 2 is 1.83 bits per heavy atom. The lowest BCUT2D eigenvalue weighted by molar-refractivity contribution is 0.314. The Morgan fingerprint density at radius 3 is 1.83 bits per heavy atom. The second-order valence-corrected chi connectivity index (χ2v) is 1.79. The van der Waals surface area contributed by atoms with E-state index in [1.54, 1.807) is 0 Å². The standard InChI is InChI=1S/CH3F2O2P/c1-5-6(2,3)4/h1H3. The molecule has 0 saturated heterocycles. The van der Waals surface area contributed by atoms with Crippen molar-refractivity contribution in [2.24, 2.45) is 0 Å². The van der Waals surface area contributed by atoms with E-state index in [9.17, 15) is 8.39 Å². The first-order valence-corrected chi connectivity index (χ1v) is 2.52. The maximum absolute atomic E-state index is 10.8. The molecule has 0 aromatic rings. The molecule has 0 N–H and O–H groups in total. The first kappa shape index (κ1) is 6.05. The van der Waals surface area contributed by atoms with Crippen molar-refractivity contribution in [3.63, 3.8) is 0 Å². The third kappa shape index (κ3) is 4.05. The lowest BCUT2D eigenvalue weighted by atomic mass is 11.8. The van der Waals surface area contributed by atoms with Gasteiger partial charge in [-0.15, -0.1) is 8.39 Å². The van der Waals surface area contributed by atoms with Crippen LogP contribution in [0.3, 0.4) is 0 Å². The monoisotopic (exact) mass is 116 g/mol. The van der Waals surface area contributed by atoms with E-state index in [-0.39, 0.29) is 0 Å². The molecule has 0 fully saturated rings. The highest BCUT2D eigenvalue weighted by atomic mass is 31.2. The lowest BCUT2D eigenvalue weighted by Crippen LogP contribution is -1.62. The summed E-state index contributed by atoms with van der Waals surface area (Å²) in [6.45, 7) is 0. The van der Waals surface area contributed by atoms with Gasteiger partial charge in [-0.3, -0.25) is 4.52 Å². The van der Waals surface area contributed by atoms with Crippen LogP contribution in [0.25, 0.3) is 0 Å². The van der Waals surface area contributed by atoms with Gasteiger partial charge in [0, 0.05) is 7.11 Å². The molecule has 0 atom stereocenters. The average Bonchev–Trinajstić information content (AvgIpc) is 1.35. The van der Waals surface area contributed by atoms with E-state index in [1.165, 1.54) is 0 Å². The first-order valence-electron chi connectivity index (χ1n) is 1.11. The molecule has 0 unspecified atom stereocenters. The molecular weight excluding hydrogens is 113 g/mol. The van der Waals surface area contributed by atoms with Gasteiger partial charge < -0.3 is 0 Å². The van der Waals surface area contributed by atoms with Gasteiger partial charge in [0.05, 0.1) is 0 Å². The van der Waals surface area contributed by atoms with Gasteiger partial charge in [-0.05, 0) is 0 Å². The van der Waals surface area contributed by atoms with Crippen LogP contribution in [0.5, 0.6) is 0 Å². The molecule has 6 heavy (non-hydrogen) atoms. The summed E-state index contributed by atoms with van der Waals surface area (Å²) < 4.78 is 33.8. The molecule has 0 aliphatic rings. The second kappa shape index (κ2) is 1.67. The normalized spacial score (nSPS) is 11.8. The molecule has 0 heterocycles. The molecule has 0 bridgehead atoms. The Kier molecular flexibility index (Phi) is 1.68. The minimum atomic E-state index is -5.15. The minimum Gasteiger partial charge on any atom is -0.284 e. The number of hydrogen-bond acceptors (Lipinski definition) is 2. The second-order valence-electron chi connectivity index (χ2n) is 0.597. The van der Waals surface area contributed by atoms with Gasteiger partial charge in [0.25, 0.3) is 0 Å². The molecule has 0 spiro atoms. The highest BCUT2D eigenvalue weighted by Gasteiger charge is 2.15. The zero-order valence-corrected chi connectivity index (χ0v) is 3.91. The van der Waals surface area contributed by atoms with Gasteiger partial charge in [0.2, 0.25) is 0 Å². The fraction of sp³-hybridized carbons (Fsp3) is 1.00. The van der Waals surface area contributed by atoms with Crippen molar-refractivity contribution < 1.29 is 17.5 Å². The summed E-state index contributed by atoms with van der Waals surface area (Å²) in [5, 5.41) is 0. The fourth-order valence-electron chi connectivity index (χ4n) is 0. The van der Waals surface area contributed by atoms with E-state index in [2.05, 4.69) is 4.52 Å². The summed E-state index contributed by atoms with van der Waals surface area (Å²) in [6, 6.07) is 0. The van der Waals surface area contributed by atoms with Crippen LogP contribution in [0, 0.1) is 0 Å². The van der Waals surface area contributed by atoms with Crippen molar-refractivity contribution in [3.05, 3.63) is 0 Å². The predicted octanol–water partition coefficient (Wildman–Crippen LogP) is 1.68. The zero-order valence-electron chi connectivity index (χ0n) is 3.02. The molecule has 0 amide bonds. The molecule has 0 aliphatic carbocycles. The van der Waals surface area contributed by atoms with Crippen LogP contribution in [-0.4, -0.2) is 7.11 Å². The van der Waals surface area contributed by atoms with Crippen molar-refractivity contribution in [2.75, 3.05) is 7.11 Å². The SMILES string of the molecule is COP(=O)(F)F. The Hall–Kier alpha value is 0.0500. The van der Waals surface area contributed by atoms with E-state index in [0.29, 0.717) is 7.11 Å². The molecule has 38 valence electrons. The largest absolute Gasteiger partial charge is 0.551 e. The van der Waals surface area contributed by atoms with Crippen LogP contribution in [0.2, 0.25) is 0 Å². The van der Waals surface area contributed by atoms with Crippen molar-refractivity contribution >= 4 is 7.99 Å². The summed E-state index contributed by atoms with van der Waals surface area (Å²) >= 11 is 0. The van der Waals surface area contributed by atoms with Crippen LogP contribution in [0.1, 0.15) is 0 Å². The molecule has 0 aromatic heterocycles. The summed E-state index contributed by atoms with van der Waals surface area (Å²) in [5.41, 5.74) is 0. The summed E-state index contributed by atoms with van der Waals surface area (Å²) in [6.07, 6.45) is 0. The van der Waals surface area contributed by atoms with Crippen LogP contribution in [0.15, 0.2) is 0 Å². The third-order valence-corrected chi connectivity index (χ3v) is 0.638. The molecule has 0 radical (unpaired) electrons. The summed E-state index contributed by atoms with van der Waals surface area (Å²) in [4.78, 5) is 0. The third-order valence-electron chi connectivity index (χ3n) is 0.213. The van der Waals surface area contributed by atoms with Crippen molar-refractivity contribution in [1.29, 1.82) is 0 Å². The average molecular weight is 116 g/mol. The maximum atomic E-state index is 10.8. The number of hydrogen-bond donors (Lipinski definition) is 0. The quantitative estimate of drug-likeness (QED) is 0.487. The van der Waals surface area contributed by atoms with Crippen molar-refractivity contribution in [2.45, 2.75) is 0 Å². The van der Waals surface area contributed by atoms with Crippen molar-refractivity contribution in [3.8, 4) is 0 Å². The minimum absolute atomic E-state index is 0.695. The fourth-order valence-corrected chi connectivity index (χ4v) is 0. The Labute approximate surface area is 33.8 Å². The van der Waals surface area contributed by atoms with E-state index in [0.717, 1.165) is 0 Å². The molecule has 5 heteroatoms. The smallest absolute Gasteiger partial charge is 0.284 e. The Bertz CT molecular complexity index is 75.6. The van der Waals surface area contributed by atoms with Gasteiger partial charge in [0.1, 0.15) is 0 Å². The van der Waals surface area contributed by atoms with E-state index < -0.39 is 7.99 Å². The first-order chi connectivity index (χ1) is 2.56. The van der Waals surface area contributed by atoms with E-state index in [4.69, 9.17) is 4.57 Å². The molecule has 0 aliphatic heterocycles. The highest BCUT2D eigenvalue weighted by molar-refractivity contribution is 7.47. The Balaban J connectivity index is 3.48. The molecular formula is CH3F2O2P. The Morgan fingerprint density at radius 1 is 1.67 bits per heavy atom. The number of halogens is 2. The topological polar surface area (TPSA) is 26.3 Å². The predicted molar refractivity (Wildman–Crippen MR) is 16.8 cm³/mol. The highest BCUT2D eigenvalue weighted by Crippen LogP contribution is 2.48. The van der Waals surface area contributed by atoms with Crippen LogP contribution in [0.4, 0.5) is 8.39 Å². The molecule has 0 aromatic carbocycles. The van der Waals surface area contributed by atoms with Gasteiger partial charge in [0.15, 0.2) is 0 Å². The number of rotatable bonds is 1. The van der Waals surface area contributed by atoms with Gasteiger partial charge in [-0.2, -0.15) is 0 Å².